The Kier molecular flexibility index (Phi) is 5.32. The zero-order valence-corrected chi connectivity index (χ0v) is 12.8. The maximum Gasteiger partial charge on any atom is 0.266 e. The SMILES string of the molecule is CN(/C=C\C(=O)N(C=O)SF)c1ccc(C2CC(=O)C2)cc1. The van der Waals surface area contributed by atoms with Gasteiger partial charge in [0.25, 0.3) is 5.91 Å². The number of halogens is 1. The van der Waals surface area contributed by atoms with Crippen molar-refractivity contribution in [3.8, 4) is 0 Å². The minimum Gasteiger partial charge on any atom is -0.351 e. The van der Waals surface area contributed by atoms with Crippen LogP contribution in [0.25, 0.3) is 0 Å². The lowest BCUT2D eigenvalue weighted by atomic mass is 9.79. The summed E-state index contributed by atoms with van der Waals surface area (Å²) in [5, 5.41) is 0. The van der Waals surface area contributed by atoms with Crippen LogP contribution in [0.5, 0.6) is 0 Å². The quantitative estimate of drug-likeness (QED) is 0.458. The van der Waals surface area contributed by atoms with Crippen LogP contribution >= 0.6 is 12.3 Å². The van der Waals surface area contributed by atoms with E-state index in [1.807, 2.05) is 24.3 Å². The molecule has 22 heavy (non-hydrogen) atoms. The third-order valence-corrected chi connectivity index (χ3v) is 3.96. The van der Waals surface area contributed by atoms with Crippen LogP contribution in [0.4, 0.5) is 9.57 Å². The highest BCUT2D eigenvalue weighted by Gasteiger charge is 2.27. The molecule has 0 heterocycles. The zero-order valence-electron chi connectivity index (χ0n) is 11.9. The van der Waals surface area contributed by atoms with E-state index in [9.17, 15) is 18.3 Å². The van der Waals surface area contributed by atoms with Gasteiger partial charge in [0.1, 0.15) is 5.78 Å². The van der Waals surface area contributed by atoms with Crippen LogP contribution in [0.3, 0.4) is 0 Å². The zero-order chi connectivity index (χ0) is 16.1. The third-order valence-electron chi connectivity index (χ3n) is 3.55. The smallest absolute Gasteiger partial charge is 0.266 e. The lowest BCUT2D eigenvalue weighted by Gasteiger charge is -2.25. The molecule has 116 valence electrons. The van der Waals surface area contributed by atoms with Crippen LogP contribution < -0.4 is 4.90 Å². The lowest BCUT2D eigenvalue weighted by molar-refractivity contribution is -0.128. The van der Waals surface area contributed by atoms with Crippen molar-refractivity contribution in [2.24, 2.45) is 0 Å². The molecule has 1 aromatic carbocycles. The summed E-state index contributed by atoms with van der Waals surface area (Å²) in [5.74, 6) is -0.149. The van der Waals surface area contributed by atoms with Crippen molar-refractivity contribution in [1.82, 2.24) is 4.31 Å². The van der Waals surface area contributed by atoms with Crippen molar-refractivity contribution in [3.05, 3.63) is 42.1 Å². The number of carbonyl (C=O) groups excluding carboxylic acids is 3. The molecule has 0 saturated heterocycles. The first-order valence-electron chi connectivity index (χ1n) is 6.65. The summed E-state index contributed by atoms with van der Waals surface area (Å²) in [6, 6.07) is 7.67. The van der Waals surface area contributed by atoms with Gasteiger partial charge in [-0.3, -0.25) is 14.4 Å². The predicted octanol–water partition coefficient (Wildman–Crippen LogP) is 2.60. The number of carbonyl (C=O) groups is 3. The molecule has 0 aromatic heterocycles. The first kappa shape index (κ1) is 16.2. The van der Waals surface area contributed by atoms with Crippen LogP contribution in [0.1, 0.15) is 24.3 Å². The summed E-state index contributed by atoms with van der Waals surface area (Å²) in [7, 11) is 1.74. The summed E-state index contributed by atoms with van der Waals surface area (Å²) in [6.07, 6.45) is 3.89. The molecule has 0 spiro atoms. The van der Waals surface area contributed by atoms with Crippen molar-refractivity contribution in [2.45, 2.75) is 18.8 Å². The Balaban J connectivity index is 1.97. The summed E-state index contributed by atoms with van der Waals surface area (Å²) in [5.41, 5.74) is 1.96. The average molecular weight is 322 g/mol. The Labute approximate surface area is 132 Å². The van der Waals surface area contributed by atoms with Gasteiger partial charge in [0, 0.05) is 37.9 Å². The Hall–Kier alpha value is -2.15. The molecular formula is C15H15FN2O3S. The highest BCUT2D eigenvalue weighted by molar-refractivity contribution is 7.92. The van der Waals surface area contributed by atoms with Gasteiger partial charge in [-0.05, 0) is 23.6 Å². The van der Waals surface area contributed by atoms with Crippen LogP contribution in [0, 0.1) is 0 Å². The molecule has 0 aliphatic heterocycles. The van der Waals surface area contributed by atoms with E-state index in [4.69, 9.17) is 0 Å². The molecule has 1 aliphatic carbocycles. The largest absolute Gasteiger partial charge is 0.351 e. The van der Waals surface area contributed by atoms with Crippen molar-refractivity contribution < 1.29 is 18.3 Å². The molecule has 1 fully saturated rings. The van der Waals surface area contributed by atoms with E-state index in [1.165, 1.54) is 6.20 Å². The van der Waals surface area contributed by atoms with Crippen LogP contribution in [0.15, 0.2) is 36.5 Å². The monoisotopic (exact) mass is 322 g/mol. The van der Waals surface area contributed by atoms with E-state index in [0.29, 0.717) is 23.1 Å². The number of hydrogen-bond acceptors (Lipinski definition) is 5. The van der Waals surface area contributed by atoms with Gasteiger partial charge in [0.2, 0.25) is 6.41 Å². The second-order valence-corrected chi connectivity index (χ2v) is 5.53. The number of imide groups is 1. The number of Topliss-reactive ketones (excluding diaryl/α,β-unsaturated/α-hetero) is 1. The van der Waals surface area contributed by atoms with Gasteiger partial charge in [-0.2, -0.15) is 4.31 Å². The molecule has 0 unspecified atom stereocenters. The van der Waals surface area contributed by atoms with Crippen LogP contribution in [-0.2, 0) is 14.4 Å². The topological polar surface area (TPSA) is 57.7 Å². The normalized spacial score (nSPS) is 14.7. The Morgan fingerprint density at radius 2 is 1.95 bits per heavy atom. The van der Waals surface area contributed by atoms with Gasteiger partial charge in [0.15, 0.2) is 12.3 Å². The molecule has 1 saturated carbocycles. The Morgan fingerprint density at radius 3 is 2.45 bits per heavy atom. The highest BCUT2D eigenvalue weighted by Crippen LogP contribution is 2.34. The van der Waals surface area contributed by atoms with Gasteiger partial charge in [0.05, 0.1) is 0 Å². The summed E-state index contributed by atoms with van der Waals surface area (Å²) >= 11 is -0.442. The lowest BCUT2D eigenvalue weighted by Crippen LogP contribution is -2.21. The molecule has 5 nitrogen and oxygen atoms in total. The van der Waals surface area contributed by atoms with Crippen LogP contribution in [0.2, 0.25) is 0 Å². The fourth-order valence-corrected chi connectivity index (χ4v) is 2.31. The first-order chi connectivity index (χ1) is 10.5. The second kappa shape index (κ2) is 7.22. The van der Waals surface area contributed by atoms with Gasteiger partial charge in [-0.25, -0.2) is 0 Å². The van der Waals surface area contributed by atoms with E-state index >= 15 is 0 Å². The number of hydrogen-bond donors (Lipinski definition) is 0. The van der Waals surface area contributed by atoms with Crippen molar-refractivity contribution >= 4 is 36.1 Å². The fraction of sp³-hybridized carbons (Fsp3) is 0.267. The number of amides is 2. The van der Waals surface area contributed by atoms with Gasteiger partial charge < -0.3 is 4.90 Å². The van der Waals surface area contributed by atoms with E-state index < -0.39 is 18.2 Å². The summed E-state index contributed by atoms with van der Waals surface area (Å²) in [6.45, 7) is 0. The molecular weight excluding hydrogens is 307 g/mol. The number of benzene rings is 1. The summed E-state index contributed by atoms with van der Waals surface area (Å²) < 4.78 is 12.6. The molecule has 0 N–H and O–H groups in total. The highest BCUT2D eigenvalue weighted by atomic mass is 32.2. The van der Waals surface area contributed by atoms with Crippen molar-refractivity contribution in [2.75, 3.05) is 11.9 Å². The minimum absolute atomic E-state index is 0.117. The van der Waals surface area contributed by atoms with Gasteiger partial charge in [-0.15, -0.1) is 3.89 Å². The van der Waals surface area contributed by atoms with Gasteiger partial charge >= 0.3 is 0 Å². The van der Waals surface area contributed by atoms with E-state index in [0.717, 1.165) is 17.3 Å². The Bertz CT molecular complexity index is 595. The third kappa shape index (κ3) is 3.73. The predicted molar refractivity (Wildman–Crippen MR) is 82.6 cm³/mol. The minimum atomic E-state index is -0.751. The molecule has 0 atom stereocenters. The molecule has 7 heteroatoms. The number of ketones is 1. The van der Waals surface area contributed by atoms with Gasteiger partial charge in [-0.1, -0.05) is 12.1 Å². The summed E-state index contributed by atoms with van der Waals surface area (Å²) in [4.78, 5) is 34.6. The first-order valence-corrected chi connectivity index (χ1v) is 7.32. The van der Waals surface area contributed by atoms with Crippen molar-refractivity contribution in [3.63, 3.8) is 0 Å². The number of nitrogens with zero attached hydrogens (tertiary/aromatic N) is 2. The average Bonchev–Trinajstić information content (AvgIpc) is 2.51. The molecule has 2 rings (SSSR count). The molecule has 0 bridgehead atoms. The number of rotatable bonds is 6. The standard InChI is InChI=1S/C15H15FN2O3S/c1-17(7-6-15(21)18(10-19)22-16)13-4-2-11(3-5-13)12-8-14(20)9-12/h2-7,10,12H,8-9H2,1H3/b7-6-. The maximum absolute atomic E-state index is 12.3. The maximum atomic E-state index is 12.3. The van der Waals surface area contributed by atoms with Crippen molar-refractivity contribution in [1.29, 1.82) is 0 Å². The molecule has 1 aromatic rings. The van der Waals surface area contributed by atoms with E-state index in [2.05, 4.69) is 0 Å². The number of anilines is 1. The Morgan fingerprint density at radius 1 is 1.32 bits per heavy atom. The second-order valence-electron chi connectivity index (χ2n) is 5.00. The molecule has 1 aliphatic rings. The molecule has 2 amide bonds. The fourth-order valence-electron chi connectivity index (χ4n) is 2.14. The van der Waals surface area contributed by atoms with Crippen LogP contribution in [-0.4, -0.2) is 29.5 Å². The van der Waals surface area contributed by atoms with E-state index in [-0.39, 0.29) is 12.2 Å². The molecule has 0 radical (unpaired) electrons. The van der Waals surface area contributed by atoms with E-state index in [1.54, 1.807) is 11.9 Å².